The minimum absolute atomic E-state index is 0.0432. The maximum atomic E-state index is 13.3. The molecule has 7 nitrogen and oxygen atoms in total. The highest BCUT2D eigenvalue weighted by molar-refractivity contribution is 7.92. The van der Waals surface area contributed by atoms with E-state index in [-0.39, 0.29) is 16.4 Å². The SMILES string of the molecule is COc1cccc(N(CC(=O)N/N=C(/C)c2ccc(F)cc2)S(=O)(=O)c2ccccc2)c1. The van der Waals surface area contributed by atoms with Crippen molar-refractivity contribution in [1.82, 2.24) is 5.43 Å². The summed E-state index contributed by atoms with van der Waals surface area (Å²) in [6.07, 6.45) is 0. The van der Waals surface area contributed by atoms with Crippen molar-refractivity contribution in [2.24, 2.45) is 5.10 Å². The van der Waals surface area contributed by atoms with Gasteiger partial charge in [0.1, 0.15) is 18.1 Å². The number of nitrogens with one attached hydrogen (secondary N) is 1. The Morgan fingerprint density at radius 2 is 1.72 bits per heavy atom. The Labute approximate surface area is 186 Å². The molecule has 0 unspecified atom stereocenters. The van der Waals surface area contributed by atoms with Crippen molar-refractivity contribution in [3.8, 4) is 5.75 Å². The summed E-state index contributed by atoms with van der Waals surface area (Å²) in [5.41, 5.74) is 3.69. The molecule has 0 bridgehead atoms. The van der Waals surface area contributed by atoms with E-state index >= 15 is 0 Å². The van der Waals surface area contributed by atoms with Gasteiger partial charge in [-0.15, -0.1) is 0 Å². The van der Waals surface area contributed by atoms with Crippen LogP contribution >= 0.6 is 0 Å². The Morgan fingerprint density at radius 3 is 2.38 bits per heavy atom. The highest BCUT2D eigenvalue weighted by atomic mass is 32.2. The summed E-state index contributed by atoms with van der Waals surface area (Å²) < 4.78 is 45.9. The normalized spacial score (nSPS) is 11.7. The Balaban J connectivity index is 1.87. The number of sulfonamides is 1. The number of carbonyl (C=O) groups excluding carboxylic acids is 1. The van der Waals surface area contributed by atoms with Crippen LogP contribution in [0.15, 0.2) is 88.9 Å². The lowest BCUT2D eigenvalue weighted by molar-refractivity contribution is -0.119. The summed E-state index contributed by atoms with van der Waals surface area (Å²) >= 11 is 0. The van der Waals surface area contributed by atoms with Crippen LogP contribution in [0.4, 0.5) is 10.1 Å². The molecule has 9 heteroatoms. The zero-order valence-electron chi connectivity index (χ0n) is 17.5. The molecule has 0 heterocycles. The smallest absolute Gasteiger partial charge is 0.264 e. The van der Waals surface area contributed by atoms with Gasteiger partial charge in [0, 0.05) is 6.07 Å². The molecule has 0 saturated heterocycles. The molecule has 1 N–H and O–H groups in total. The third-order valence-electron chi connectivity index (χ3n) is 4.57. The molecule has 1 amide bonds. The molecule has 32 heavy (non-hydrogen) atoms. The topological polar surface area (TPSA) is 88.1 Å². The van der Waals surface area contributed by atoms with Crippen molar-refractivity contribution >= 4 is 27.3 Å². The lowest BCUT2D eigenvalue weighted by Crippen LogP contribution is -2.39. The summed E-state index contributed by atoms with van der Waals surface area (Å²) in [6, 6.07) is 19.9. The number of amides is 1. The van der Waals surface area contributed by atoms with Gasteiger partial charge >= 0.3 is 0 Å². The number of rotatable bonds is 8. The van der Waals surface area contributed by atoms with E-state index in [4.69, 9.17) is 4.74 Å². The Morgan fingerprint density at radius 1 is 1.03 bits per heavy atom. The maximum absolute atomic E-state index is 13.3. The molecule has 3 aromatic carbocycles. The van der Waals surface area contributed by atoms with Crippen LogP contribution in [0.25, 0.3) is 0 Å². The zero-order valence-corrected chi connectivity index (χ0v) is 18.3. The Bertz CT molecular complexity index is 1210. The van der Waals surface area contributed by atoms with Gasteiger partial charge in [0.2, 0.25) is 0 Å². The van der Waals surface area contributed by atoms with Crippen molar-refractivity contribution < 1.29 is 22.3 Å². The summed E-state index contributed by atoms with van der Waals surface area (Å²) in [5.74, 6) is -0.583. The molecular weight excluding hydrogens is 433 g/mol. The zero-order chi connectivity index (χ0) is 23.1. The number of hydrazone groups is 1. The first-order chi connectivity index (χ1) is 15.3. The molecular formula is C23H22FN3O4S. The van der Waals surface area contributed by atoms with Gasteiger partial charge in [0.15, 0.2) is 0 Å². The fourth-order valence-electron chi connectivity index (χ4n) is 2.87. The van der Waals surface area contributed by atoms with Crippen molar-refractivity contribution in [3.05, 3.63) is 90.2 Å². The van der Waals surface area contributed by atoms with Gasteiger partial charge in [-0.1, -0.05) is 36.4 Å². The van der Waals surface area contributed by atoms with E-state index in [1.165, 1.54) is 49.6 Å². The number of anilines is 1. The van der Waals surface area contributed by atoms with Crippen LogP contribution in [-0.2, 0) is 14.8 Å². The molecule has 0 aliphatic heterocycles. The molecule has 0 fully saturated rings. The Kier molecular flexibility index (Phi) is 7.21. The number of benzene rings is 3. The van der Waals surface area contributed by atoms with Gasteiger partial charge in [-0.3, -0.25) is 9.10 Å². The van der Waals surface area contributed by atoms with Crippen LogP contribution in [0.2, 0.25) is 0 Å². The predicted octanol–water partition coefficient (Wildman–Crippen LogP) is 3.57. The third kappa shape index (κ3) is 5.50. The average molecular weight is 456 g/mol. The molecule has 0 radical (unpaired) electrons. The summed E-state index contributed by atoms with van der Waals surface area (Å²) in [6.45, 7) is 1.14. The van der Waals surface area contributed by atoms with Gasteiger partial charge in [-0.2, -0.15) is 5.10 Å². The summed E-state index contributed by atoms with van der Waals surface area (Å²) in [5, 5.41) is 4.01. The molecule has 0 atom stereocenters. The number of hydrogen-bond donors (Lipinski definition) is 1. The molecule has 3 rings (SSSR count). The lowest BCUT2D eigenvalue weighted by atomic mass is 10.1. The van der Waals surface area contributed by atoms with Gasteiger partial charge in [0.05, 0.1) is 23.4 Å². The second-order valence-corrected chi connectivity index (χ2v) is 8.63. The number of halogens is 1. The minimum Gasteiger partial charge on any atom is -0.497 e. The molecule has 0 aliphatic carbocycles. The second kappa shape index (κ2) is 10.1. The number of ether oxygens (including phenoxy) is 1. The molecule has 0 aromatic heterocycles. The molecule has 166 valence electrons. The molecule has 3 aromatic rings. The van der Waals surface area contributed by atoms with E-state index in [1.807, 2.05) is 0 Å². The van der Waals surface area contributed by atoms with E-state index in [0.29, 0.717) is 17.0 Å². The van der Waals surface area contributed by atoms with Crippen LogP contribution in [0.3, 0.4) is 0 Å². The predicted molar refractivity (Wildman–Crippen MR) is 121 cm³/mol. The van der Waals surface area contributed by atoms with Crippen molar-refractivity contribution in [2.75, 3.05) is 18.0 Å². The van der Waals surface area contributed by atoms with Gasteiger partial charge in [0.25, 0.3) is 15.9 Å². The van der Waals surface area contributed by atoms with E-state index in [0.717, 1.165) is 4.31 Å². The lowest BCUT2D eigenvalue weighted by Gasteiger charge is -2.24. The number of nitrogens with zero attached hydrogens (tertiary/aromatic N) is 2. The number of hydrogen-bond acceptors (Lipinski definition) is 5. The first-order valence-electron chi connectivity index (χ1n) is 9.62. The molecule has 0 saturated carbocycles. The van der Waals surface area contributed by atoms with Gasteiger partial charge < -0.3 is 4.74 Å². The van der Waals surface area contributed by atoms with Crippen LogP contribution < -0.4 is 14.5 Å². The highest BCUT2D eigenvalue weighted by Gasteiger charge is 2.27. The first kappa shape index (κ1) is 23.0. The van der Waals surface area contributed by atoms with E-state index < -0.39 is 22.5 Å². The van der Waals surface area contributed by atoms with E-state index in [2.05, 4.69) is 10.5 Å². The van der Waals surface area contributed by atoms with Crippen LogP contribution in [0.5, 0.6) is 5.75 Å². The second-order valence-electron chi connectivity index (χ2n) is 6.77. The average Bonchev–Trinajstić information content (AvgIpc) is 2.82. The van der Waals surface area contributed by atoms with E-state index in [1.54, 1.807) is 43.3 Å². The maximum Gasteiger partial charge on any atom is 0.264 e. The highest BCUT2D eigenvalue weighted by Crippen LogP contribution is 2.26. The first-order valence-corrected chi connectivity index (χ1v) is 11.1. The van der Waals surface area contributed by atoms with Crippen molar-refractivity contribution in [3.63, 3.8) is 0 Å². The van der Waals surface area contributed by atoms with Crippen molar-refractivity contribution in [1.29, 1.82) is 0 Å². The number of methoxy groups -OCH3 is 1. The third-order valence-corrected chi connectivity index (χ3v) is 6.36. The van der Waals surface area contributed by atoms with Crippen LogP contribution in [0.1, 0.15) is 12.5 Å². The molecule has 0 spiro atoms. The monoisotopic (exact) mass is 455 g/mol. The fraction of sp³-hybridized carbons (Fsp3) is 0.130. The Hall–Kier alpha value is -3.72. The van der Waals surface area contributed by atoms with E-state index in [9.17, 15) is 17.6 Å². The van der Waals surface area contributed by atoms with Crippen LogP contribution in [0, 0.1) is 5.82 Å². The van der Waals surface area contributed by atoms with Crippen molar-refractivity contribution in [2.45, 2.75) is 11.8 Å². The summed E-state index contributed by atoms with van der Waals surface area (Å²) in [4.78, 5) is 12.7. The standard InChI is InChI=1S/C23H22FN3O4S/c1-17(18-11-13-19(24)14-12-18)25-26-23(28)16-27(20-7-6-8-21(15-20)31-2)32(29,30)22-9-4-3-5-10-22/h3-15H,16H2,1-2H3,(H,26,28)/b25-17-. The fourth-order valence-corrected chi connectivity index (χ4v) is 4.30. The summed E-state index contributed by atoms with van der Waals surface area (Å²) in [7, 11) is -2.58. The number of carbonyl (C=O) groups is 1. The largest absolute Gasteiger partial charge is 0.497 e. The quantitative estimate of drug-likeness (QED) is 0.416. The molecule has 0 aliphatic rings. The van der Waals surface area contributed by atoms with Gasteiger partial charge in [-0.25, -0.2) is 18.2 Å². The minimum atomic E-state index is -4.04. The van der Waals surface area contributed by atoms with Gasteiger partial charge in [-0.05, 0) is 48.9 Å². The van der Waals surface area contributed by atoms with Crippen LogP contribution in [-0.4, -0.2) is 33.7 Å².